The maximum absolute atomic E-state index is 12.6. The first-order chi connectivity index (χ1) is 12.1. The van der Waals surface area contributed by atoms with Gasteiger partial charge in [0.2, 0.25) is 5.91 Å². The van der Waals surface area contributed by atoms with Gasteiger partial charge < -0.3 is 15.2 Å². The van der Waals surface area contributed by atoms with Gasteiger partial charge in [0.15, 0.2) is 0 Å². The Balaban J connectivity index is 0.00000182. The Morgan fingerprint density at radius 2 is 1.70 bits per heavy atom. The van der Waals surface area contributed by atoms with Crippen molar-refractivity contribution >= 4 is 41.8 Å². The van der Waals surface area contributed by atoms with Crippen molar-refractivity contribution in [2.45, 2.75) is 13.0 Å². The van der Waals surface area contributed by atoms with E-state index in [2.05, 4.69) is 15.2 Å². The molecule has 2 atom stereocenters. The lowest BCUT2D eigenvalue weighted by Crippen LogP contribution is -2.38. The minimum Gasteiger partial charge on any atom is -0.342 e. The van der Waals surface area contributed by atoms with Gasteiger partial charge in [-0.3, -0.25) is 4.79 Å². The van der Waals surface area contributed by atoms with Gasteiger partial charge in [-0.15, -0.1) is 24.8 Å². The second-order valence-corrected chi connectivity index (χ2v) is 6.33. The molecule has 2 aromatic carbocycles. The summed E-state index contributed by atoms with van der Waals surface area (Å²) in [6.45, 7) is 2.55. The average molecular weight is 409 g/mol. The van der Waals surface area contributed by atoms with Crippen LogP contribution >= 0.6 is 24.8 Å². The number of halogens is 2. The minimum atomic E-state index is -0.287. The number of fused-ring (bicyclic) bond motifs is 1. The maximum Gasteiger partial charge on any atom is 0.224 e. The van der Waals surface area contributed by atoms with Crippen LogP contribution in [-0.4, -0.2) is 29.1 Å². The second-order valence-electron chi connectivity index (χ2n) is 6.33. The molecule has 2 N–H and O–H groups in total. The maximum atomic E-state index is 12.6. The molecule has 27 heavy (non-hydrogen) atoms. The highest BCUT2D eigenvalue weighted by Crippen LogP contribution is 2.25. The predicted molar refractivity (Wildman–Crippen MR) is 115 cm³/mol. The molecule has 0 aliphatic heterocycles. The fourth-order valence-corrected chi connectivity index (χ4v) is 3.05. The number of nitrogens with zero attached hydrogens (tertiary/aromatic N) is 2. The van der Waals surface area contributed by atoms with Crippen molar-refractivity contribution in [1.29, 1.82) is 0 Å². The van der Waals surface area contributed by atoms with Crippen molar-refractivity contribution < 1.29 is 4.79 Å². The Morgan fingerprint density at radius 1 is 1.07 bits per heavy atom. The number of nitrogens with one attached hydrogen (secondary N) is 2. The fourth-order valence-electron chi connectivity index (χ4n) is 3.05. The number of carbonyl (C=O) groups is 1. The van der Waals surface area contributed by atoms with E-state index < -0.39 is 0 Å². The van der Waals surface area contributed by atoms with Gasteiger partial charge in [-0.25, -0.2) is 4.98 Å². The topological polar surface area (TPSA) is 59.0 Å². The van der Waals surface area contributed by atoms with Gasteiger partial charge in [-0.05, 0) is 24.7 Å². The molecule has 0 saturated heterocycles. The van der Waals surface area contributed by atoms with E-state index in [0.29, 0.717) is 6.54 Å². The fraction of sp³-hybridized carbons (Fsp3) is 0.300. The number of rotatable bonds is 6. The van der Waals surface area contributed by atoms with Gasteiger partial charge >= 0.3 is 0 Å². The van der Waals surface area contributed by atoms with Crippen LogP contribution < -0.4 is 10.6 Å². The second kappa shape index (κ2) is 10.3. The number of amides is 1. The molecule has 0 radical (unpaired) electrons. The highest BCUT2D eigenvalue weighted by molar-refractivity contribution is 5.85. The SMILES string of the molecule is CNCC(C)C(=O)NC(c1ccccc1)c1nc2ccccc2n1C.Cl.Cl. The van der Waals surface area contributed by atoms with Gasteiger partial charge in [0.25, 0.3) is 0 Å². The Morgan fingerprint density at radius 3 is 2.33 bits per heavy atom. The molecule has 0 saturated carbocycles. The molecule has 1 aromatic heterocycles. The third-order valence-electron chi connectivity index (χ3n) is 4.46. The zero-order valence-corrected chi connectivity index (χ0v) is 17.3. The van der Waals surface area contributed by atoms with Crippen molar-refractivity contribution in [3.63, 3.8) is 0 Å². The van der Waals surface area contributed by atoms with Gasteiger partial charge in [0.05, 0.1) is 11.0 Å². The molecule has 1 amide bonds. The van der Waals surface area contributed by atoms with E-state index >= 15 is 0 Å². The van der Waals surface area contributed by atoms with Crippen LogP contribution in [0.15, 0.2) is 54.6 Å². The summed E-state index contributed by atoms with van der Waals surface area (Å²) in [6.07, 6.45) is 0. The van der Waals surface area contributed by atoms with Crippen LogP contribution in [0.3, 0.4) is 0 Å². The number of aryl methyl sites for hydroxylation is 1. The molecule has 0 aliphatic rings. The predicted octanol–water partition coefficient (Wildman–Crippen LogP) is 3.48. The van der Waals surface area contributed by atoms with Crippen LogP contribution in [0, 0.1) is 5.92 Å². The van der Waals surface area contributed by atoms with Crippen LogP contribution in [0.2, 0.25) is 0 Å². The van der Waals surface area contributed by atoms with Crippen LogP contribution in [0.5, 0.6) is 0 Å². The molecule has 1 heterocycles. The van der Waals surface area contributed by atoms with Crippen LogP contribution in [-0.2, 0) is 11.8 Å². The smallest absolute Gasteiger partial charge is 0.224 e. The lowest BCUT2D eigenvalue weighted by atomic mass is 10.0. The van der Waals surface area contributed by atoms with E-state index in [-0.39, 0.29) is 42.7 Å². The molecule has 7 heteroatoms. The summed E-state index contributed by atoms with van der Waals surface area (Å²) in [7, 11) is 3.84. The Labute approximate surface area is 172 Å². The molecule has 3 aromatic rings. The molecule has 3 rings (SSSR count). The van der Waals surface area contributed by atoms with Gasteiger partial charge in [0.1, 0.15) is 11.9 Å². The molecule has 0 aliphatic carbocycles. The van der Waals surface area contributed by atoms with E-state index in [4.69, 9.17) is 4.98 Å². The van der Waals surface area contributed by atoms with Crippen molar-refractivity contribution in [3.8, 4) is 0 Å². The van der Waals surface area contributed by atoms with Crippen molar-refractivity contribution in [2.24, 2.45) is 13.0 Å². The first-order valence-electron chi connectivity index (χ1n) is 8.53. The molecule has 2 unspecified atom stereocenters. The zero-order valence-electron chi connectivity index (χ0n) is 15.7. The number of aromatic nitrogens is 2. The van der Waals surface area contributed by atoms with Crippen molar-refractivity contribution in [1.82, 2.24) is 20.2 Å². The number of carbonyl (C=O) groups excluding carboxylic acids is 1. The minimum absolute atomic E-state index is 0. The Hall–Kier alpha value is -2.08. The summed E-state index contributed by atoms with van der Waals surface area (Å²) in [5.74, 6) is 0.721. The Kier molecular flexibility index (Phi) is 8.76. The van der Waals surface area contributed by atoms with E-state index in [9.17, 15) is 4.79 Å². The van der Waals surface area contributed by atoms with Crippen LogP contribution in [0.25, 0.3) is 11.0 Å². The Bertz CT molecular complexity index is 867. The normalized spacial score (nSPS) is 12.6. The molecule has 5 nitrogen and oxygen atoms in total. The van der Waals surface area contributed by atoms with E-state index in [1.807, 2.05) is 75.6 Å². The molecule has 0 fully saturated rings. The third-order valence-corrected chi connectivity index (χ3v) is 4.46. The number of benzene rings is 2. The zero-order chi connectivity index (χ0) is 17.8. The number of hydrogen-bond donors (Lipinski definition) is 2. The largest absolute Gasteiger partial charge is 0.342 e. The quantitative estimate of drug-likeness (QED) is 0.656. The monoisotopic (exact) mass is 408 g/mol. The summed E-state index contributed by atoms with van der Waals surface area (Å²) in [4.78, 5) is 17.4. The highest BCUT2D eigenvalue weighted by atomic mass is 35.5. The van der Waals surface area contributed by atoms with Gasteiger partial charge in [0, 0.05) is 19.5 Å². The first-order valence-corrected chi connectivity index (χ1v) is 8.53. The molecular weight excluding hydrogens is 383 g/mol. The van der Waals surface area contributed by atoms with Crippen LogP contribution in [0.1, 0.15) is 24.4 Å². The standard InChI is InChI=1S/C20H24N4O.2ClH/c1-14(13-21-2)20(25)23-18(15-9-5-4-6-10-15)19-22-16-11-7-8-12-17(16)24(19)3;;/h4-12,14,18,21H,13H2,1-3H3,(H,23,25);2*1H. The molecule has 146 valence electrons. The van der Waals surface area contributed by atoms with Gasteiger partial charge in [-0.1, -0.05) is 49.4 Å². The highest BCUT2D eigenvalue weighted by Gasteiger charge is 2.24. The van der Waals surface area contributed by atoms with E-state index in [0.717, 1.165) is 22.4 Å². The summed E-state index contributed by atoms with van der Waals surface area (Å²) in [5, 5.41) is 6.23. The molecular formula is C20H26Cl2N4O. The van der Waals surface area contributed by atoms with Crippen molar-refractivity contribution in [3.05, 3.63) is 66.0 Å². The van der Waals surface area contributed by atoms with Crippen LogP contribution in [0.4, 0.5) is 0 Å². The number of imidazole rings is 1. The number of para-hydroxylation sites is 2. The summed E-state index contributed by atoms with van der Waals surface area (Å²) in [5.41, 5.74) is 3.00. The van der Waals surface area contributed by atoms with Gasteiger partial charge in [-0.2, -0.15) is 0 Å². The summed E-state index contributed by atoms with van der Waals surface area (Å²) >= 11 is 0. The average Bonchev–Trinajstić information content (AvgIpc) is 2.97. The molecule has 0 bridgehead atoms. The number of hydrogen-bond acceptors (Lipinski definition) is 3. The third kappa shape index (κ3) is 5.01. The summed E-state index contributed by atoms with van der Waals surface area (Å²) in [6, 6.07) is 17.7. The first kappa shape index (κ1) is 23.0. The summed E-state index contributed by atoms with van der Waals surface area (Å²) < 4.78 is 2.05. The van der Waals surface area contributed by atoms with E-state index in [1.165, 1.54) is 0 Å². The van der Waals surface area contributed by atoms with Crippen molar-refractivity contribution in [2.75, 3.05) is 13.6 Å². The lowest BCUT2D eigenvalue weighted by Gasteiger charge is -2.21. The van der Waals surface area contributed by atoms with E-state index in [1.54, 1.807) is 0 Å². The molecule has 0 spiro atoms. The lowest BCUT2D eigenvalue weighted by molar-refractivity contribution is -0.124.